The van der Waals surface area contributed by atoms with Crippen molar-refractivity contribution < 1.29 is 0 Å². The van der Waals surface area contributed by atoms with Gasteiger partial charge in [-0.2, -0.15) is 0 Å². The van der Waals surface area contributed by atoms with Crippen molar-refractivity contribution in [3.63, 3.8) is 0 Å². The molecule has 2 aromatic heterocycles. The molecule has 1 N–H and O–H groups in total. The lowest BCUT2D eigenvalue weighted by molar-refractivity contribution is 0.599. The fraction of sp³-hybridized carbons (Fsp3) is 0.318. The summed E-state index contributed by atoms with van der Waals surface area (Å²) >= 11 is 0. The molecule has 0 radical (unpaired) electrons. The van der Waals surface area contributed by atoms with Crippen LogP contribution >= 0.6 is 0 Å². The van der Waals surface area contributed by atoms with E-state index in [-0.39, 0.29) is 6.04 Å². The quantitative estimate of drug-likeness (QED) is 0.703. The lowest BCUT2D eigenvalue weighted by Gasteiger charge is -2.26. The number of pyridine rings is 1. The molecule has 4 rings (SSSR count). The molecule has 1 aromatic carbocycles. The van der Waals surface area contributed by atoms with Crippen molar-refractivity contribution >= 4 is 16.9 Å². The molecule has 1 aliphatic carbocycles. The highest BCUT2D eigenvalue weighted by molar-refractivity contribution is 5.85. The molecule has 0 unspecified atom stereocenters. The van der Waals surface area contributed by atoms with Crippen LogP contribution in [-0.2, 0) is 6.42 Å². The molecular weight excluding hydrogens is 320 g/mol. The summed E-state index contributed by atoms with van der Waals surface area (Å²) in [4.78, 5) is 13.4. The van der Waals surface area contributed by atoms with E-state index < -0.39 is 0 Å². The average molecular weight is 342 g/mol. The summed E-state index contributed by atoms with van der Waals surface area (Å²) in [6.07, 6.45) is 8.81. The summed E-state index contributed by atoms with van der Waals surface area (Å²) in [7, 11) is 0. The van der Waals surface area contributed by atoms with E-state index in [1.807, 2.05) is 12.3 Å². The second-order valence-electron chi connectivity index (χ2n) is 6.65. The van der Waals surface area contributed by atoms with E-state index in [0.717, 1.165) is 48.1 Å². The van der Waals surface area contributed by atoms with E-state index in [2.05, 4.69) is 63.3 Å². The van der Waals surface area contributed by atoms with Crippen molar-refractivity contribution in [2.45, 2.75) is 45.1 Å². The Kier molecular flexibility index (Phi) is 4.79. The van der Waals surface area contributed by atoms with Crippen LogP contribution in [0.5, 0.6) is 0 Å². The minimum absolute atomic E-state index is 0.267. The maximum atomic E-state index is 4.59. The van der Waals surface area contributed by atoms with E-state index in [4.69, 9.17) is 0 Å². The van der Waals surface area contributed by atoms with Crippen molar-refractivity contribution in [2.24, 2.45) is 0 Å². The number of nitrogens with one attached hydrogen (secondary N) is 1. The van der Waals surface area contributed by atoms with E-state index in [1.165, 1.54) is 17.5 Å². The van der Waals surface area contributed by atoms with Crippen molar-refractivity contribution in [3.8, 4) is 11.8 Å². The highest BCUT2D eigenvalue weighted by atomic mass is 15.1. The molecule has 4 nitrogen and oxygen atoms in total. The standard InChI is InChI=1S/C22H22N4/c1-2-3-4-8-16-13-20-21(23-14-16)22(25-15-24-20)26-19-12-7-10-17-9-5-6-11-18(17)19/h5-6,9,11,13-15,19H,2-3,7,10,12H2,1H3,(H,24,25,26)/t19-/m0/s1. The molecule has 2 heterocycles. The second kappa shape index (κ2) is 7.53. The largest absolute Gasteiger partial charge is 0.361 e. The molecule has 0 amide bonds. The van der Waals surface area contributed by atoms with Crippen LogP contribution in [-0.4, -0.2) is 15.0 Å². The number of anilines is 1. The van der Waals surface area contributed by atoms with Gasteiger partial charge in [-0.15, -0.1) is 0 Å². The zero-order chi connectivity index (χ0) is 17.8. The number of unbranched alkanes of at least 4 members (excludes halogenated alkanes) is 1. The van der Waals surface area contributed by atoms with Gasteiger partial charge < -0.3 is 5.32 Å². The van der Waals surface area contributed by atoms with Gasteiger partial charge in [0, 0.05) is 18.2 Å². The highest BCUT2D eigenvalue weighted by Gasteiger charge is 2.21. The smallest absolute Gasteiger partial charge is 0.156 e. The summed E-state index contributed by atoms with van der Waals surface area (Å²) in [5.74, 6) is 7.11. The minimum atomic E-state index is 0.267. The highest BCUT2D eigenvalue weighted by Crippen LogP contribution is 2.33. The molecular formula is C22H22N4. The van der Waals surface area contributed by atoms with Crippen LogP contribution in [0.2, 0.25) is 0 Å². The number of benzene rings is 1. The topological polar surface area (TPSA) is 50.7 Å². The molecule has 0 saturated carbocycles. The molecule has 1 atom stereocenters. The van der Waals surface area contributed by atoms with E-state index >= 15 is 0 Å². The number of aryl methyl sites for hydroxylation is 1. The first kappa shape index (κ1) is 16.5. The minimum Gasteiger partial charge on any atom is -0.361 e. The van der Waals surface area contributed by atoms with Gasteiger partial charge in [0.1, 0.15) is 11.8 Å². The van der Waals surface area contributed by atoms with Crippen LogP contribution in [0.15, 0.2) is 42.9 Å². The summed E-state index contributed by atoms with van der Waals surface area (Å²) in [6, 6.07) is 10.9. The third-order valence-corrected chi connectivity index (χ3v) is 4.76. The van der Waals surface area contributed by atoms with E-state index in [1.54, 1.807) is 6.33 Å². The molecule has 130 valence electrons. The monoisotopic (exact) mass is 342 g/mol. The first-order chi connectivity index (χ1) is 12.8. The predicted molar refractivity (Wildman–Crippen MR) is 105 cm³/mol. The van der Waals surface area contributed by atoms with E-state index in [9.17, 15) is 0 Å². The Morgan fingerprint density at radius 3 is 3.04 bits per heavy atom. The number of nitrogens with zero attached hydrogens (tertiary/aromatic N) is 3. The molecule has 26 heavy (non-hydrogen) atoms. The molecule has 4 heteroatoms. The summed E-state index contributed by atoms with van der Waals surface area (Å²) in [6.45, 7) is 2.13. The predicted octanol–water partition coefficient (Wildman–Crippen LogP) is 4.67. The van der Waals surface area contributed by atoms with Gasteiger partial charge in [-0.25, -0.2) is 15.0 Å². The first-order valence-corrected chi connectivity index (χ1v) is 9.29. The Bertz CT molecular complexity index is 984. The Morgan fingerprint density at radius 2 is 2.12 bits per heavy atom. The third-order valence-electron chi connectivity index (χ3n) is 4.76. The van der Waals surface area contributed by atoms with Crippen LogP contribution in [0.4, 0.5) is 5.82 Å². The summed E-state index contributed by atoms with van der Waals surface area (Å²) in [5, 5.41) is 3.60. The van der Waals surface area contributed by atoms with Gasteiger partial charge in [-0.05, 0) is 42.9 Å². The summed E-state index contributed by atoms with van der Waals surface area (Å²) < 4.78 is 0. The molecule has 3 aromatic rings. The van der Waals surface area contributed by atoms with Crippen LogP contribution < -0.4 is 5.32 Å². The van der Waals surface area contributed by atoms with Crippen molar-refractivity contribution in [1.82, 2.24) is 15.0 Å². The zero-order valence-corrected chi connectivity index (χ0v) is 15.0. The third kappa shape index (κ3) is 3.39. The first-order valence-electron chi connectivity index (χ1n) is 9.29. The van der Waals surface area contributed by atoms with E-state index in [0.29, 0.717) is 0 Å². The fourth-order valence-electron chi connectivity index (χ4n) is 3.48. The van der Waals surface area contributed by atoms with Gasteiger partial charge in [-0.1, -0.05) is 43.0 Å². The van der Waals surface area contributed by atoms with Gasteiger partial charge in [0.15, 0.2) is 5.82 Å². The molecule has 0 bridgehead atoms. The molecule has 0 aliphatic heterocycles. The normalized spacial score (nSPS) is 15.8. The molecule has 0 fully saturated rings. The summed E-state index contributed by atoms with van der Waals surface area (Å²) in [5.41, 5.74) is 5.33. The zero-order valence-electron chi connectivity index (χ0n) is 15.0. The Morgan fingerprint density at radius 1 is 1.19 bits per heavy atom. The molecule has 1 aliphatic rings. The number of aromatic nitrogens is 3. The maximum Gasteiger partial charge on any atom is 0.156 e. The Labute approximate surface area is 154 Å². The van der Waals surface area contributed by atoms with Gasteiger partial charge in [0.25, 0.3) is 0 Å². The Balaban J connectivity index is 1.65. The number of rotatable bonds is 3. The number of fused-ring (bicyclic) bond motifs is 2. The van der Waals surface area contributed by atoms with Crippen LogP contribution in [0.25, 0.3) is 11.0 Å². The molecule has 0 spiro atoms. The van der Waals surface area contributed by atoms with Crippen LogP contribution in [0.3, 0.4) is 0 Å². The second-order valence-corrected chi connectivity index (χ2v) is 6.65. The average Bonchev–Trinajstić information content (AvgIpc) is 2.68. The number of hydrogen-bond acceptors (Lipinski definition) is 4. The van der Waals surface area contributed by atoms with Crippen LogP contribution in [0, 0.1) is 11.8 Å². The van der Waals surface area contributed by atoms with Crippen LogP contribution in [0.1, 0.15) is 55.3 Å². The molecule has 0 saturated heterocycles. The SMILES string of the molecule is CCCC#Cc1cnc2c(N[C@H]3CCCc4ccccc43)ncnc2c1. The maximum absolute atomic E-state index is 4.59. The van der Waals surface area contributed by atoms with Crippen molar-refractivity contribution in [2.75, 3.05) is 5.32 Å². The van der Waals surface area contributed by atoms with Gasteiger partial charge in [0.2, 0.25) is 0 Å². The van der Waals surface area contributed by atoms with Crippen molar-refractivity contribution in [3.05, 3.63) is 59.5 Å². The van der Waals surface area contributed by atoms with Gasteiger partial charge in [-0.3, -0.25) is 0 Å². The Hall–Kier alpha value is -2.93. The lowest BCUT2D eigenvalue weighted by atomic mass is 9.88. The fourth-order valence-corrected chi connectivity index (χ4v) is 3.48. The number of hydrogen-bond donors (Lipinski definition) is 1. The van der Waals surface area contributed by atoms with Gasteiger partial charge >= 0.3 is 0 Å². The van der Waals surface area contributed by atoms with Crippen molar-refractivity contribution in [1.29, 1.82) is 0 Å². The van der Waals surface area contributed by atoms with Gasteiger partial charge in [0.05, 0.1) is 11.6 Å². The lowest BCUT2D eigenvalue weighted by Crippen LogP contribution is -2.18.